The molecule has 0 aliphatic heterocycles. The quantitative estimate of drug-likeness (QED) is 0.669. The van der Waals surface area contributed by atoms with Crippen molar-refractivity contribution in [2.75, 3.05) is 6.26 Å². The van der Waals surface area contributed by atoms with Crippen molar-refractivity contribution in [3.63, 3.8) is 0 Å². The minimum Gasteiger partial charge on any atom is -0.284 e. The number of H-pyrrole nitrogens is 1. The summed E-state index contributed by atoms with van der Waals surface area (Å²) in [6.45, 7) is 0. The van der Waals surface area contributed by atoms with Crippen LogP contribution in [0.3, 0.4) is 0 Å². The molecule has 96 valence electrons. The Morgan fingerprint density at radius 3 is 2.72 bits per heavy atom. The lowest BCUT2D eigenvalue weighted by molar-refractivity contribution is -0.141. The van der Waals surface area contributed by atoms with Gasteiger partial charge in [0.25, 0.3) is 11.5 Å². The van der Waals surface area contributed by atoms with E-state index in [2.05, 4.69) is 9.97 Å². The molecule has 0 radical (unpaired) electrons. The lowest BCUT2D eigenvalue weighted by Crippen LogP contribution is -2.16. The number of aromatic nitrogens is 4. The lowest BCUT2D eigenvalue weighted by atomic mass is 10.4. The number of alkyl halides is 3. The third kappa shape index (κ3) is 2.40. The molecule has 0 amide bonds. The lowest BCUT2D eigenvalue weighted by Gasteiger charge is -2.03. The SMILES string of the molecule is CSc1ccnc(-n2[nH]c(C(F)(F)F)cc2=O)n1. The molecule has 0 spiro atoms. The third-order valence-electron chi connectivity index (χ3n) is 2.05. The van der Waals surface area contributed by atoms with Gasteiger partial charge in [-0.15, -0.1) is 11.8 Å². The second-order valence-electron chi connectivity index (χ2n) is 3.24. The van der Waals surface area contributed by atoms with Crippen LogP contribution < -0.4 is 5.56 Å². The van der Waals surface area contributed by atoms with Crippen LogP contribution in [0.1, 0.15) is 5.69 Å². The highest BCUT2D eigenvalue weighted by Gasteiger charge is 2.33. The smallest absolute Gasteiger partial charge is 0.284 e. The van der Waals surface area contributed by atoms with Crippen molar-refractivity contribution in [3.8, 4) is 5.95 Å². The Morgan fingerprint density at radius 1 is 1.44 bits per heavy atom. The topological polar surface area (TPSA) is 63.6 Å². The standard InChI is InChI=1S/C9H7F3N4OS/c1-18-6-2-3-13-8(14-6)16-7(17)4-5(15-16)9(10,11)12/h2-4,15H,1H3. The average Bonchev–Trinajstić information content (AvgIpc) is 2.71. The van der Waals surface area contributed by atoms with Gasteiger partial charge in [0, 0.05) is 12.3 Å². The van der Waals surface area contributed by atoms with Gasteiger partial charge >= 0.3 is 6.18 Å². The number of aromatic amines is 1. The molecule has 0 bridgehead atoms. The maximum absolute atomic E-state index is 12.4. The van der Waals surface area contributed by atoms with E-state index in [1.54, 1.807) is 12.3 Å². The van der Waals surface area contributed by atoms with Crippen molar-refractivity contribution in [2.45, 2.75) is 11.2 Å². The van der Waals surface area contributed by atoms with E-state index in [1.807, 2.05) is 5.10 Å². The Morgan fingerprint density at radius 2 is 2.17 bits per heavy atom. The van der Waals surface area contributed by atoms with Crippen LogP contribution in [0.5, 0.6) is 0 Å². The molecule has 0 aliphatic rings. The van der Waals surface area contributed by atoms with Gasteiger partial charge in [0.05, 0.1) is 0 Å². The average molecular weight is 276 g/mol. The minimum atomic E-state index is -4.61. The first kappa shape index (κ1) is 12.7. The molecule has 0 aliphatic carbocycles. The fourth-order valence-electron chi connectivity index (χ4n) is 1.24. The second-order valence-corrected chi connectivity index (χ2v) is 4.07. The molecule has 0 fully saturated rings. The monoisotopic (exact) mass is 276 g/mol. The van der Waals surface area contributed by atoms with Crippen LogP contribution >= 0.6 is 11.8 Å². The summed E-state index contributed by atoms with van der Waals surface area (Å²) in [5.41, 5.74) is -1.99. The molecule has 0 saturated carbocycles. The van der Waals surface area contributed by atoms with E-state index in [0.717, 1.165) is 0 Å². The van der Waals surface area contributed by atoms with Gasteiger partial charge in [-0.1, -0.05) is 0 Å². The Hall–Kier alpha value is -1.77. The number of rotatable bonds is 2. The number of nitrogens with one attached hydrogen (secondary N) is 1. The van der Waals surface area contributed by atoms with Gasteiger partial charge in [0.15, 0.2) is 0 Å². The summed E-state index contributed by atoms with van der Waals surface area (Å²) in [6, 6.07) is 2.06. The van der Waals surface area contributed by atoms with E-state index in [4.69, 9.17) is 0 Å². The zero-order valence-electron chi connectivity index (χ0n) is 9.02. The predicted molar refractivity (Wildman–Crippen MR) is 58.8 cm³/mol. The number of thioether (sulfide) groups is 1. The van der Waals surface area contributed by atoms with E-state index in [0.29, 0.717) is 15.8 Å². The molecule has 2 aromatic heterocycles. The fourth-order valence-corrected chi connectivity index (χ4v) is 1.61. The summed E-state index contributed by atoms with van der Waals surface area (Å²) < 4.78 is 37.9. The van der Waals surface area contributed by atoms with E-state index in [1.165, 1.54) is 18.0 Å². The molecule has 2 rings (SSSR count). The van der Waals surface area contributed by atoms with Gasteiger partial charge in [-0.3, -0.25) is 9.89 Å². The summed E-state index contributed by atoms with van der Waals surface area (Å²) in [6.07, 6.45) is -1.49. The number of nitrogens with zero attached hydrogens (tertiary/aromatic N) is 3. The molecule has 2 aromatic rings. The van der Waals surface area contributed by atoms with Crippen LogP contribution in [0.25, 0.3) is 5.95 Å². The molecule has 1 N–H and O–H groups in total. The first-order valence-corrected chi connectivity index (χ1v) is 5.91. The highest BCUT2D eigenvalue weighted by atomic mass is 32.2. The van der Waals surface area contributed by atoms with Gasteiger partial charge in [-0.05, 0) is 12.3 Å². The fraction of sp³-hybridized carbons (Fsp3) is 0.222. The van der Waals surface area contributed by atoms with Crippen molar-refractivity contribution in [1.29, 1.82) is 0 Å². The van der Waals surface area contributed by atoms with Crippen LogP contribution in [0.2, 0.25) is 0 Å². The van der Waals surface area contributed by atoms with E-state index >= 15 is 0 Å². The maximum atomic E-state index is 12.4. The Balaban J connectivity index is 2.51. The van der Waals surface area contributed by atoms with Crippen molar-refractivity contribution < 1.29 is 13.2 Å². The van der Waals surface area contributed by atoms with Gasteiger partial charge < -0.3 is 0 Å². The van der Waals surface area contributed by atoms with Gasteiger partial charge in [0.1, 0.15) is 10.7 Å². The highest BCUT2D eigenvalue weighted by Crippen LogP contribution is 2.26. The summed E-state index contributed by atoms with van der Waals surface area (Å²) >= 11 is 1.29. The zero-order valence-corrected chi connectivity index (χ0v) is 9.84. The van der Waals surface area contributed by atoms with Crippen molar-refractivity contribution in [1.82, 2.24) is 19.7 Å². The Labute approximate surface area is 103 Å². The number of hydrogen-bond donors (Lipinski definition) is 1. The predicted octanol–water partition coefficient (Wildman–Crippen LogP) is 1.70. The van der Waals surface area contributed by atoms with Crippen LogP contribution in [0.15, 0.2) is 28.2 Å². The van der Waals surface area contributed by atoms with Crippen LogP contribution in [-0.2, 0) is 6.18 Å². The van der Waals surface area contributed by atoms with Gasteiger partial charge in [-0.25, -0.2) is 9.97 Å². The summed E-state index contributed by atoms with van der Waals surface area (Å²) in [5.74, 6) is -0.123. The molecule has 0 atom stereocenters. The number of halogens is 3. The largest absolute Gasteiger partial charge is 0.432 e. The minimum absolute atomic E-state index is 0.123. The summed E-state index contributed by atoms with van der Waals surface area (Å²) in [4.78, 5) is 19.1. The molecular weight excluding hydrogens is 269 g/mol. The molecule has 0 aromatic carbocycles. The highest BCUT2D eigenvalue weighted by molar-refractivity contribution is 7.98. The zero-order chi connectivity index (χ0) is 13.3. The summed E-state index contributed by atoms with van der Waals surface area (Å²) in [5, 5.41) is 2.48. The van der Waals surface area contributed by atoms with Gasteiger partial charge in [-0.2, -0.15) is 17.9 Å². The Kier molecular flexibility index (Phi) is 3.16. The van der Waals surface area contributed by atoms with E-state index in [9.17, 15) is 18.0 Å². The number of hydrogen-bond acceptors (Lipinski definition) is 4. The second kappa shape index (κ2) is 4.48. The molecule has 5 nitrogen and oxygen atoms in total. The molecular formula is C9H7F3N4OS. The third-order valence-corrected chi connectivity index (χ3v) is 2.70. The van der Waals surface area contributed by atoms with Crippen LogP contribution in [0, 0.1) is 0 Å². The molecule has 2 heterocycles. The molecule has 18 heavy (non-hydrogen) atoms. The van der Waals surface area contributed by atoms with Crippen LogP contribution in [0.4, 0.5) is 13.2 Å². The molecule has 0 saturated heterocycles. The summed E-state index contributed by atoms with van der Waals surface area (Å²) in [7, 11) is 0. The Bertz CT molecular complexity index is 619. The molecule has 9 heteroatoms. The van der Waals surface area contributed by atoms with Crippen molar-refractivity contribution in [2.24, 2.45) is 0 Å². The first-order valence-electron chi connectivity index (χ1n) is 4.68. The normalized spacial score (nSPS) is 11.8. The van der Waals surface area contributed by atoms with E-state index < -0.39 is 17.4 Å². The van der Waals surface area contributed by atoms with E-state index in [-0.39, 0.29) is 5.95 Å². The molecule has 0 unspecified atom stereocenters. The van der Waals surface area contributed by atoms with Gasteiger partial charge in [0.2, 0.25) is 0 Å². The van der Waals surface area contributed by atoms with Crippen molar-refractivity contribution >= 4 is 11.8 Å². The van der Waals surface area contributed by atoms with Crippen molar-refractivity contribution in [3.05, 3.63) is 34.4 Å². The first-order chi connectivity index (χ1) is 8.41. The maximum Gasteiger partial charge on any atom is 0.432 e. The van der Waals surface area contributed by atoms with Crippen LogP contribution in [-0.4, -0.2) is 26.0 Å².